The van der Waals surface area contributed by atoms with Crippen molar-refractivity contribution >= 4 is 0 Å². The number of methoxy groups -OCH3 is 1. The number of likely N-dealkylation sites (tertiary alicyclic amines) is 1. The number of benzene rings is 1. The Kier molecular flexibility index (Phi) is 5.44. The summed E-state index contributed by atoms with van der Waals surface area (Å²) in [5.74, 6) is 0.969. The zero-order chi connectivity index (χ0) is 14.5. The van der Waals surface area contributed by atoms with Gasteiger partial charge in [-0.2, -0.15) is 0 Å². The molecule has 3 heteroatoms. The molecule has 1 aliphatic heterocycles. The molecule has 1 heterocycles. The second-order valence-corrected chi connectivity index (χ2v) is 6.02. The highest BCUT2D eigenvalue weighted by molar-refractivity contribution is 5.36. The Morgan fingerprint density at radius 3 is 2.90 bits per heavy atom. The summed E-state index contributed by atoms with van der Waals surface area (Å²) in [6, 6.07) is 6.85. The van der Waals surface area contributed by atoms with Crippen LogP contribution in [-0.2, 0) is 6.54 Å². The number of aliphatic hydroxyl groups excluding tert-OH is 1. The number of piperidine rings is 1. The fourth-order valence-electron chi connectivity index (χ4n) is 3.18. The highest BCUT2D eigenvalue weighted by Crippen LogP contribution is 2.27. The molecule has 20 heavy (non-hydrogen) atoms. The summed E-state index contributed by atoms with van der Waals surface area (Å²) in [6.07, 6.45) is 4.37. The molecule has 0 saturated carbocycles. The lowest BCUT2D eigenvalue weighted by molar-refractivity contribution is 0.0812. The Hall–Kier alpha value is -1.06. The highest BCUT2D eigenvalue weighted by Gasteiger charge is 2.24. The smallest absolute Gasteiger partial charge is 0.123 e. The van der Waals surface area contributed by atoms with Gasteiger partial charge in [-0.15, -0.1) is 0 Å². The third-order valence-corrected chi connectivity index (χ3v) is 4.17. The first-order chi connectivity index (χ1) is 9.60. The zero-order valence-electron chi connectivity index (χ0n) is 12.9. The van der Waals surface area contributed by atoms with E-state index in [0.717, 1.165) is 25.3 Å². The molecule has 112 valence electrons. The first-order valence-electron chi connectivity index (χ1n) is 7.65. The topological polar surface area (TPSA) is 32.7 Å². The number of rotatable bonds is 5. The minimum Gasteiger partial charge on any atom is -0.496 e. The monoisotopic (exact) mass is 277 g/mol. The van der Waals surface area contributed by atoms with Crippen LogP contribution in [0.4, 0.5) is 0 Å². The molecule has 2 rings (SSSR count). The molecule has 0 bridgehead atoms. The quantitative estimate of drug-likeness (QED) is 0.897. The molecular weight excluding hydrogens is 250 g/mol. The molecule has 2 atom stereocenters. The fraction of sp³-hybridized carbons (Fsp3) is 0.647. The van der Waals surface area contributed by atoms with Gasteiger partial charge in [-0.05, 0) is 45.7 Å². The molecule has 1 aromatic carbocycles. The van der Waals surface area contributed by atoms with E-state index in [1.54, 1.807) is 7.11 Å². The minimum absolute atomic E-state index is 0.222. The standard InChI is InChI=1S/C17H27NO2/c1-13-7-8-17(20-3)15(10-13)12-18-9-5-4-6-16(18)11-14(2)19/h7-8,10,14,16,19H,4-6,9,11-12H2,1-3H3. The second kappa shape index (κ2) is 7.09. The molecule has 0 aromatic heterocycles. The molecule has 1 aliphatic rings. The minimum atomic E-state index is -0.222. The van der Waals surface area contributed by atoms with Crippen LogP contribution in [0.15, 0.2) is 18.2 Å². The number of hydrogen-bond acceptors (Lipinski definition) is 3. The van der Waals surface area contributed by atoms with Gasteiger partial charge in [0.1, 0.15) is 5.75 Å². The van der Waals surface area contributed by atoms with Crippen molar-refractivity contribution in [2.75, 3.05) is 13.7 Å². The Bertz CT molecular complexity index is 431. The summed E-state index contributed by atoms with van der Waals surface area (Å²) in [6.45, 7) is 6.04. The number of ether oxygens (including phenoxy) is 1. The predicted octanol–water partition coefficient (Wildman–Crippen LogP) is 3.13. The van der Waals surface area contributed by atoms with E-state index in [-0.39, 0.29) is 6.10 Å². The Balaban J connectivity index is 2.11. The Morgan fingerprint density at radius 2 is 2.20 bits per heavy atom. The fourth-order valence-corrected chi connectivity index (χ4v) is 3.18. The molecule has 3 nitrogen and oxygen atoms in total. The van der Waals surface area contributed by atoms with Gasteiger partial charge in [0, 0.05) is 18.2 Å². The molecular formula is C17H27NO2. The van der Waals surface area contributed by atoms with Gasteiger partial charge < -0.3 is 9.84 Å². The van der Waals surface area contributed by atoms with Crippen molar-refractivity contribution in [1.82, 2.24) is 4.90 Å². The van der Waals surface area contributed by atoms with Gasteiger partial charge in [-0.1, -0.05) is 24.1 Å². The van der Waals surface area contributed by atoms with Crippen LogP contribution in [0.25, 0.3) is 0 Å². The van der Waals surface area contributed by atoms with Crippen LogP contribution in [0.5, 0.6) is 5.75 Å². The van der Waals surface area contributed by atoms with Crippen molar-refractivity contribution in [3.8, 4) is 5.75 Å². The maximum atomic E-state index is 9.68. The van der Waals surface area contributed by atoms with E-state index in [4.69, 9.17) is 4.74 Å². The van der Waals surface area contributed by atoms with Crippen molar-refractivity contribution < 1.29 is 9.84 Å². The van der Waals surface area contributed by atoms with Crippen molar-refractivity contribution in [2.24, 2.45) is 0 Å². The van der Waals surface area contributed by atoms with Crippen LogP contribution in [0.1, 0.15) is 43.7 Å². The van der Waals surface area contributed by atoms with Crippen LogP contribution < -0.4 is 4.74 Å². The van der Waals surface area contributed by atoms with Gasteiger partial charge in [-0.25, -0.2) is 0 Å². The van der Waals surface area contributed by atoms with Crippen LogP contribution in [0.2, 0.25) is 0 Å². The number of aliphatic hydroxyl groups is 1. The van der Waals surface area contributed by atoms with Gasteiger partial charge in [0.05, 0.1) is 13.2 Å². The summed E-state index contributed by atoms with van der Waals surface area (Å²) in [4.78, 5) is 2.51. The zero-order valence-corrected chi connectivity index (χ0v) is 12.9. The number of aryl methyl sites for hydroxylation is 1. The maximum absolute atomic E-state index is 9.68. The third-order valence-electron chi connectivity index (χ3n) is 4.17. The highest BCUT2D eigenvalue weighted by atomic mass is 16.5. The van der Waals surface area contributed by atoms with Gasteiger partial charge in [0.15, 0.2) is 0 Å². The molecule has 1 aromatic rings. The van der Waals surface area contributed by atoms with Crippen LogP contribution in [0.3, 0.4) is 0 Å². The lowest BCUT2D eigenvalue weighted by atomic mass is 9.96. The van der Waals surface area contributed by atoms with Crippen LogP contribution >= 0.6 is 0 Å². The van der Waals surface area contributed by atoms with Gasteiger partial charge in [0.25, 0.3) is 0 Å². The average Bonchev–Trinajstić information content (AvgIpc) is 2.41. The van der Waals surface area contributed by atoms with Crippen molar-refractivity contribution in [3.63, 3.8) is 0 Å². The van der Waals surface area contributed by atoms with E-state index in [1.165, 1.54) is 30.4 Å². The van der Waals surface area contributed by atoms with Crippen LogP contribution in [0, 0.1) is 6.92 Å². The molecule has 2 unspecified atom stereocenters. The van der Waals surface area contributed by atoms with E-state index >= 15 is 0 Å². The van der Waals surface area contributed by atoms with Crippen molar-refractivity contribution in [1.29, 1.82) is 0 Å². The van der Waals surface area contributed by atoms with Crippen molar-refractivity contribution in [2.45, 2.75) is 58.2 Å². The maximum Gasteiger partial charge on any atom is 0.123 e. The van der Waals surface area contributed by atoms with E-state index in [1.807, 2.05) is 6.92 Å². The Labute approximate surface area is 122 Å². The van der Waals surface area contributed by atoms with Crippen LogP contribution in [-0.4, -0.2) is 35.8 Å². The first-order valence-corrected chi connectivity index (χ1v) is 7.65. The molecule has 1 saturated heterocycles. The summed E-state index contributed by atoms with van der Waals surface area (Å²) < 4.78 is 5.48. The van der Waals surface area contributed by atoms with Gasteiger partial charge in [-0.3, -0.25) is 4.90 Å². The molecule has 0 amide bonds. The normalized spacial score (nSPS) is 21.7. The first kappa shape index (κ1) is 15.3. The lowest BCUT2D eigenvalue weighted by Crippen LogP contribution is -2.40. The molecule has 0 spiro atoms. The SMILES string of the molecule is COc1ccc(C)cc1CN1CCCCC1CC(C)O. The number of hydrogen-bond donors (Lipinski definition) is 1. The molecule has 0 radical (unpaired) electrons. The van der Waals surface area contributed by atoms with E-state index in [2.05, 4.69) is 30.0 Å². The number of nitrogens with zero attached hydrogens (tertiary/aromatic N) is 1. The van der Waals surface area contributed by atoms with Gasteiger partial charge >= 0.3 is 0 Å². The van der Waals surface area contributed by atoms with Crippen molar-refractivity contribution in [3.05, 3.63) is 29.3 Å². The van der Waals surface area contributed by atoms with Gasteiger partial charge in [0.2, 0.25) is 0 Å². The average molecular weight is 277 g/mol. The third kappa shape index (κ3) is 3.97. The van der Waals surface area contributed by atoms with E-state index in [9.17, 15) is 5.11 Å². The summed E-state index contributed by atoms with van der Waals surface area (Å²) >= 11 is 0. The second-order valence-electron chi connectivity index (χ2n) is 6.02. The molecule has 0 aliphatic carbocycles. The lowest BCUT2D eigenvalue weighted by Gasteiger charge is -2.36. The summed E-state index contributed by atoms with van der Waals surface area (Å²) in [5.41, 5.74) is 2.52. The van der Waals surface area contributed by atoms with E-state index < -0.39 is 0 Å². The summed E-state index contributed by atoms with van der Waals surface area (Å²) in [5, 5.41) is 9.68. The largest absolute Gasteiger partial charge is 0.496 e. The predicted molar refractivity (Wildman–Crippen MR) is 82.1 cm³/mol. The summed E-state index contributed by atoms with van der Waals surface area (Å²) in [7, 11) is 1.73. The molecule has 1 fully saturated rings. The van der Waals surface area contributed by atoms with E-state index in [0.29, 0.717) is 6.04 Å². The molecule has 1 N–H and O–H groups in total. The Morgan fingerprint density at radius 1 is 1.40 bits per heavy atom.